The summed E-state index contributed by atoms with van der Waals surface area (Å²) in [6.07, 6.45) is 3.11. The first-order valence-electron chi connectivity index (χ1n) is 9.16. The fourth-order valence-electron chi connectivity index (χ4n) is 2.66. The number of carbonyl (C=O) groups excluding carboxylic acids is 1. The molecule has 1 aliphatic heterocycles. The standard InChI is InChI=1S/C18H26Br2N6O3/c1-22-4-2-6-29-16-13(19)7-11(8-14(16)20)9-15(26-28)17(27)23-5-3-12-10-24-18(21)25-12/h7-8,10,18,22,24-25,28H,2-6,9,21H2,1H3,(H,23,27)/b26-15-. The Morgan fingerprint density at radius 3 is 2.66 bits per heavy atom. The first-order chi connectivity index (χ1) is 13.9. The van der Waals surface area contributed by atoms with Gasteiger partial charge in [-0.05, 0) is 69.6 Å². The summed E-state index contributed by atoms with van der Waals surface area (Å²) in [5.41, 5.74) is 7.37. The predicted molar refractivity (Wildman–Crippen MR) is 119 cm³/mol. The van der Waals surface area contributed by atoms with Crippen LogP contribution in [0.2, 0.25) is 0 Å². The molecule has 29 heavy (non-hydrogen) atoms. The topological polar surface area (TPSA) is 133 Å². The third kappa shape index (κ3) is 7.50. The fourth-order valence-corrected chi connectivity index (χ4v) is 4.17. The number of halogens is 2. The van der Waals surface area contributed by atoms with Gasteiger partial charge < -0.3 is 31.2 Å². The van der Waals surface area contributed by atoms with Gasteiger partial charge in [0.25, 0.3) is 5.91 Å². The molecule has 0 radical (unpaired) electrons. The first-order valence-corrected chi connectivity index (χ1v) is 10.7. The highest BCUT2D eigenvalue weighted by molar-refractivity contribution is 9.11. The molecule has 1 atom stereocenters. The third-order valence-electron chi connectivity index (χ3n) is 4.09. The van der Waals surface area contributed by atoms with Crippen molar-refractivity contribution in [3.05, 3.63) is 38.5 Å². The highest BCUT2D eigenvalue weighted by Crippen LogP contribution is 2.35. The van der Waals surface area contributed by atoms with Crippen molar-refractivity contribution in [3.8, 4) is 5.75 Å². The number of nitrogens with two attached hydrogens (primary N) is 1. The molecule has 11 heteroatoms. The van der Waals surface area contributed by atoms with Gasteiger partial charge in [-0.2, -0.15) is 0 Å². The van der Waals surface area contributed by atoms with Gasteiger partial charge in [-0.3, -0.25) is 10.5 Å². The smallest absolute Gasteiger partial charge is 0.269 e. The molecule has 0 aliphatic carbocycles. The average molecular weight is 534 g/mol. The highest BCUT2D eigenvalue weighted by atomic mass is 79.9. The number of hydrogen-bond acceptors (Lipinski definition) is 8. The van der Waals surface area contributed by atoms with E-state index >= 15 is 0 Å². The highest BCUT2D eigenvalue weighted by Gasteiger charge is 2.17. The van der Waals surface area contributed by atoms with E-state index in [1.165, 1.54) is 0 Å². The van der Waals surface area contributed by atoms with Crippen LogP contribution in [0.5, 0.6) is 5.75 Å². The average Bonchev–Trinajstić information content (AvgIpc) is 3.10. The lowest BCUT2D eigenvalue weighted by Gasteiger charge is -2.13. The maximum atomic E-state index is 12.3. The lowest BCUT2D eigenvalue weighted by molar-refractivity contribution is -0.115. The lowest BCUT2D eigenvalue weighted by Crippen LogP contribution is -2.41. The molecule has 9 nitrogen and oxygen atoms in total. The molecule has 0 saturated heterocycles. The Morgan fingerprint density at radius 2 is 2.07 bits per heavy atom. The van der Waals surface area contributed by atoms with Crippen LogP contribution in [0.25, 0.3) is 0 Å². The zero-order valence-electron chi connectivity index (χ0n) is 16.1. The van der Waals surface area contributed by atoms with Crippen molar-refractivity contribution in [2.45, 2.75) is 25.6 Å². The van der Waals surface area contributed by atoms with Gasteiger partial charge in [-0.15, -0.1) is 0 Å². The number of rotatable bonds is 11. The van der Waals surface area contributed by atoms with E-state index in [4.69, 9.17) is 10.5 Å². The molecular formula is C18H26Br2N6O3. The van der Waals surface area contributed by atoms with E-state index in [0.29, 0.717) is 25.3 Å². The predicted octanol–water partition coefficient (Wildman–Crippen LogP) is 1.36. The summed E-state index contributed by atoms with van der Waals surface area (Å²) < 4.78 is 7.31. The maximum Gasteiger partial charge on any atom is 0.269 e. The van der Waals surface area contributed by atoms with E-state index in [1.807, 2.05) is 19.2 Å². The quantitative estimate of drug-likeness (QED) is 0.109. The van der Waals surface area contributed by atoms with Gasteiger partial charge >= 0.3 is 0 Å². The Hall–Kier alpha value is -1.82. The van der Waals surface area contributed by atoms with Crippen LogP contribution in [-0.2, 0) is 11.2 Å². The molecule has 1 heterocycles. The van der Waals surface area contributed by atoms with Crippen LogP contribution in [0.1, 0.15) is 18.4 Å². The van der Waals surface area contributed by atoms with Crippen molar-refractivity contribution in [1.82, 2.24) is 21.3 Å². The summed E-state index contributed by atoms with van der Waals surface area (Å²) in [6, 6.07) is 3.69. The normalized spacial score (nSPS) is 16.1. The second-order valence-corrected chi connectivity index (χ2v) is 8.09. The Kier molecular flexibility index (Phi) is 9.71. The number of amides is 1. The molecule has 0 saturated carbocycles. The largest absolute Gasteiger partial charge is 0.491 e. The van der Waals surface area contributed by atoms with Crippen LogP contribution in [0.4, 0.5) is 0 Å². The number of oxime groups is 1. The van der Waals surface area contributed by atoms with Gasteiger partial charge in [0, 0.05) is 31.3 Å². The summed E-state index contributed by atoms with van der Waals surface area (Å²) in [5.74, 6) is 0.268. The summed E-state index contributed by atoms with van der Waals surface area (Å²) in [4.78, 5) is 12.3. The molecule has 0 aromatic heterocycles. The molecule has 1 amide bonds. The lowest BCUT2D eigenvalue weighted by atomic mass is 10.1. The number of hydrogen-bond donors (Lipinski definition) is 6. The van der Waals surface area contributed by atoms with Crippen LogP contribution in [0, 0.1) is 0 Å². The minimum absolute atomic E-state index is 0.0228. The van der Waals surface area contributed by atoms with Gasteiger partial charge in [0.05, 0.1) is 15.6 Å². The summed E-state index contributed by atoms with van der Waals surface area (Å²) in [5, 5.41) is 24.2. The second-order valence-electron chi connectivity index (χ2n) is 6.38. The number of nitrogens with one attached hydrogen (secondary N) is 4. The number of benzene rings is 1. The van der Waals surface area contributed by atoms with Crippen molar-refractivity contribution >= 4 is 43.5 Å². The minimum atomic E-state index is -0.428. The fraction of sp³-hybridized carbons (Fsp3) is 0.444. The van der Waals surface area contributed by atoms with Crippen LogP contribution >= 0.6 is 31.9 Å². The van der Waals surface area contributed by atoms with E-state index in [1.54, 1.807) is 6.20 Å². The molecular weight excluding hydrogens is 508 g/mol. The third-order valence-corrected chi connectivity index (χ3v) is 5.27. The Bertz CT molecular complexity index is 749. The molecule has 1 aliphatic rings. The van der Waals surface area contributed by atoms with Crippen LogP contribution < -0.4 is 31.7 Å². The van der Waals surface area contributed by atoms with Crippen LogP contribution in [0.15, 0.2) is 38.1 Å². The van der Waals surface area contributed by atoms with Crippen LogP contribution in [0.3, 0.4) is 0 Å². The van der Waals surface area contributed by atoms with Crippen molar-refractivity contribution < 1.29 is 14.7 Å². The summed E-state index contributed by atoms with van der Waals surface area (Å²) in [7, 11) is 1.90. The van der Waals surface area contributed by atoms with Gasteiger partial charge in [0.1, 0.15) is 17.8 Å². The van der Waals surface area contributed by atoms with Crippen LogP contribution in [-0.4, -0.2) is 49.9 Å². The molecule has 1 aromatic carbocycles. The van der Waals surface area contributed by atoms with E-state index in [-0.39, 0.29) is 18.4 Å². The summed E-state index contributed by atoms with van der Waals surface area (Å²) >= 11 is 7.00. The van der Waals surface area contributed by atoms with Gasteiger partial charge in [0.2, 0.25) is 0 Å². The van der Waals surface area contributed by atoms with Crippen molar-refractivity contribution in [3.63, 3.8) is 0 Å². The van der Waals surface area contributed by atoms with Gasteiger partial charge in [-0.1, -0.05) is 5.16 Å². The van der Waals surface area contributed by atoms with Gasteiger partial charge in [0.15, 0.2) is 0 Å². The molecule has 7 N–H and O–H groups in total. The van der Waals surface area contributed by atoms with E-state index in [2.05, 4.69) is 58.3 Å². The molecule has 1 aromatic rings. The molecule has 2 rings (SSSR count). The molecule has 0 spiro atoms. The summed E-state index contributed by atoms with van der Waals surface area (Å²) in [6.45, 7) is 1.84. The molecule has 0 bridgehead atoms. The van der Waals surface area contributed by atoms with E-state index < -0.39 is 5.91 Å². The van der Waals surface area contributed by atoms with Crippen molar-refractivity contribution in [2.24, 2.45) is 10.9 Å². The Labute approximate surface area is 186 Å². The zero-order valence-corrected chi connectivity index (χ0v) is 19.3. The Morgan fingerprint density at radius 1 is 1.34 bits per heavy atom. The zero-order chi connectivity index (χ0) is 21.2. The molecule has 1 unspecified atom stereocenters. The minimum Gasteiger partial charge on any atom is -0.491 e. The number of carbonyl (C=O) groups is 1. The Balaban J connectivity index is 1.89. The second kappa shape index (κ2) is 12.0. The van der Waals surface area contributed by atoms with E-state index in [0.717, 1.165) is 33.2 Å². The maximum absolute atomic E-state index is 12.3. The molecule has 0 fully saturated rings. The number of ether oxygens (including phenoxy) is 1. The first kappa shape index (κ1) is 23.5. The van der Waals surface area contributed by atoms with Crippen molar-refractivity contribution in [1.29, 1.82) is 0 Å². The monoisotopic (exact) mass is 532 g/mol. The SMILES string of the molecule is CNCCCOc1c(Br)cc(C/C(=N/O)C(=O)NCCC2=CNC(N)N2)cc1Br. The van der Waals surface area contributed by atoms with E-state index in [9.17, 15) is 10.0 Å². The van der Waals surface area contributed by atoms with Crippen molar-refractivity contribution in [2.75, 3.05) is 26.7 Å². The number of nitrogens with zero attached hydrogens (tertiary/aromatic N) is 1. The van der Waals surface area contributed by atoms with Gasteiger partial charge in [-0.25, -0.2) is 0 Å². The molecule has 160 valence electrons.